The number of carbonyl (C=O) groups excluding carboxylic acids is 1. The van der Waals surface area contributed by atoms with Gasteiger partial charge < -0.3 is 15.4 Å². The number of rotatable bonds is 4. The Kier molecular flexibility index (Phi) is 5.99. The van der Waals surface area contributed by atoms with Gasteiger partial charge in [-0.1, -0.05) is 37.9 Å². The minimum atomic E-state index is -0.592. The van der Waals surface area contributed by atoms with Crippen LogP contribution in [-0.2, 0) is 9.53 Å². The van der Waals surface area contributed by atoms with Gasteiger partial charge in [-0.05, 0) is 31.6 Å². The fourth-order valence-corrected chi connectivity index (χ4v) is 3.95. The van der Waals surface area contributed by atoms with Gasteiger partial charge in [-0.3, -0.25) is 4.79 Å². The number of thiocarbonyl (C=S) groups is 1. The molecule has 1 saturated heterocycles. The summed E-state index contributed by atoms with van der Waals surface area (Å²) in [6, 6.07) is 0. The summed E-state index contributed by atoms with van der Waals surface area (Å²) in [7, 11) is 1.91. The van der Waals surface area contributed by atoms with Crippen LogP contribution in [0, 0.1) is 11.3 Å². The molecule has 0 radical (unpaired) electrons. The summed E-state index contributed by atoms with van der Waals surface area (Å²) in [5, 5.41) is 0. The van der Waals surface area contributed by atoms with E-state index in [4.69, 9.17) is 22.7 Å². The van der Waals surface area contributed by atoms with Crippen molar-refractivity contribution < 1.29 is 9.53 Å². The summed E-state index contributed by atoms with van der Waals surface area (Å²) >= 11 is 5.30. The van der Waals surface area contributed by atoms with E-state index in [0.29, 0.717) is 10.9 Å². The molecular weight excluding hydrogens is 284 g/mol. The number of hydrogen-bond donors (Lipinski definition) is 1. The van der Waals surface area contributed by atoms with Crippen LogP contribution >= 0.6 is 12.2 Å². The molecule has 0 aromatic carbocycles. The average molecular weight is 312 g/mol. The summed E-state index contributed by atoms with van der Waals surface area (Å²) < 4.78 is 5.39. The number of nitrogens with zero attached hydrogens (tertiary/aromatic N) is 1. The van der Waals surface area contributed by atoms with Crippen LogP contribution in [0.5, 0.6) is 0 Å². The molecule has 2 fully saturated rings. The molecule has 2 aliphatic rings. The second-order valence-electron chi connectivity index (χ2n) is 6.60. The summed E-state index contributed by atoms with van der Waals surface area (Å²) in [5.74, 6) is 0.685. The van der Waals surface area contributed by atoms with E-state index >= 15 is 0 Å². The monoisotopic (exact) mass is 312 g/mol. The molecule has 0 atom stereocenters. The highest BCUT2D eigenvalue weighted by Gasteiger charge is 2.43. The third-order valence-corrected chi connectivity index (χ3v) is 5.45. The zero-order valence-electron chi connectivity index (χ0n) is 13.1. The topological polar surface area (TPSA) is 55.6 Å². The van der Waals surface area contributed by atoms with Gasteiger partial charge in [-0.25, -0.2) is 0 Å². The second kappa shape index (κ2) is 7.54. The van der Waals surface area contributed by atoms with Gasteiger partial charge >= 0.3 is 0 Å². The first-order valence-corrected chi connectivity index (χ1v) is 8.60. The van der Waals surface area contributed by atoms with Crippen LogP contribution in [0.2, 0.25) is 0 Å². The third-order valence-electron chi connectivity index (χ3n) is 5.06. The zero-order chi connectivity index (χ0) is 15.3. The normalized spacial score (nSPS) is 23.3. The van der Waals surface area contributed by atoms with E-state index in [0.717, 1.165) is 58.3 Å². The Morgan fingerprint density at radius 1 is 1.24 bits per heavy atom. The molecule has 0 bridgehead atoms. The molecule has 0 aromatic heterocycles. The molecule has 120 valence electrons. The number of hydrogen-bond acceptors (Lipinski definition) is 3. The number of carbonyl (C=O) groups is 1. The first-order chi connectivity index (χ1) is 10.1. The predicted molar refractivity (Wildman–Crippen MR) is 88.1 cm³/mol. The summed E-state index contributed by atoms with van der Waals surface area (Å²) in [5.41, 5.74) is 5.42. The van der Waals surface area contributed by atoms with Crippen molar-refractivity contribution in [2.45, 2.75) is 51.4 Å². The Morgan fingerprint density at radius 3 is 2.33 bits per heavy atom. The van der Waals surface area contributed by atoms with Crippen molar-refractivity contribution in [2.75, 3.05) is 26.8 Å². The molecule has 1 heterocycles. The molecule has 1 aliphatic carbocycles. The first kappa shape index (κ1) is 16.7. The summed E-state index contributed by atoms with van der Waals surface area (Å²) in [6.45, 7) is 2.42. The van der Waals surface area contributed by atoms with E-state index < -0.39 is 5.41 Å². The first-order valence-electron chi connectivity index (χ1n) is 8.19. The molecule has 1 saturated carbocycles. The van der Waals surface area contributed by atoms with E-state index in [2.05, 4.69) is 0 Å². The van der Waals surface area contributed by atoms with Gasteiger partial charge in [0.05, 0.1) is 10.4 Å². The Bertz CT molecular complexity index is 372. The van der Waals surface area contributed by atoms with Crippen molar-refractivity contribution in [2.24, 2.45) is 17.1 Å². The molecule has 2 rings (SSSR count). The molecule has 5 heteroatoms. The lowest BCUT2D eigenvalue weighted by Gasteiger charge is -2.36. The lowest BCUT2D eigenvalue weighted by Crippen LogP contribution is -2.50. The maximum absolute atomic E-state index is 13.0. The van der Waals surface area contributed by atoms with Crippen LogP contribution in [0.15, 0.2) is 0 Å². The Labute approximate surface area is 133 Å². The summed E-state index contributed by atoms with van der Waals surface area (Å²) in [4.78, 5) is 15.3. The van der Waals surface area contributed by atoms with Crippen LogP contribution in [-0.4, -0.2) is 42.6 Å². The predicted octanol–water partition coefficient (Wildman–Crippen LogP) is 2.50. The van der Waals surface area contributed by atoms with Crippen molar-refractivity contribution in [1.29, 1.82) is 0 Å². The highest BCUT2D eigenvalue weighted by molar-refractivity contribution is 7.80. The van der Waals surface area contributed by atoms with E-state index in [-0.39, 0.29) is 5.91 Å². The maximum atomic E-state index is 13.0. The van der Waals surface area contributed by atoms with Crippen molar-refractivity contribution in [3.8, 4) is 0 Å². The Morgan fingerprint density at radius 2 is 1.81 bits per heavy atom. The fourth-order valence-electron chi connectivity index (χ4n) is 3.66. The summed E-state index contributed by atoms with van der Waals surface area (Å²) in [6.07, 6.45) is 8.18. The lowest BCUT2D eigenvalue weighted by atomic mass is 9.78. The number of nitrogens with two attached hydrogens (primary N) is 1. The highest BCUT2D eigenvalue weighted by atomic mass is 32.1. The average Bonchev–Trinajstić information content (AvgIpc) is 2.74. The minimum absolute atomic E-state index is 0.142. The van der Waals surface area contributed by atoms with Crippen molar-refractivity contribution in [3.05, 3.63) is 0 Å². The molecule has 21 heavy (non-hydrogen) atoms. The van der Waals surface area contributed by atoms with Gasteiger partial charge in [0.2, 0.25) is 5.91 Å². The van der Waals surface area contributed by atoms with E-state index in [9.17, 15) is 4.79 Å². The van der Waals surface area contributed by atoms with Gasteiger partial charge in [0.1, 0.15) is 0 Å². The van der Waals surface area contributed by atoms with Crippen molar-refractivity contribution in [1.82, 2.24) is 4.90 Å². The second-order valence-corrected chi connectivity index (χ2v) is 7.04. The van der Waals surface area contributed by atoms with Crippen LogP contribution < -0.4 is 5.73 Å². The smallest absolute Gasteiger partial charge is 0.235 e. The fraction of sp³-hybridized carbons (Fsp3) is 0.875. The molecule has 0 aromatic rings. The largest absolute Gasteiger partial charge is 0.392 e. The minimum Gasteiger partial charge on any atom is -0.392 e. The van der Waals surface area contributed by atoms with Gasteiger partial charge in [-0.15, -0.1) is 0 Å². The molecule has 2 N–H and O–H groups in total. The third kappa shape index (κ3) is 3.95. The maximum Gasteiger partial charge on any atom is 0.235 e. The molecule has 4 nitrogen and oxygen atoms in total. The molecule has 1 amide bonds. The van der Waals surface area contributed by atoms with Gasteiger partial charge in [0.15, 0.2) is 0 Å². The molecule has 1 aliphatic heterocycles. The zero-order valence-corrected chi connectivity index (χ0v) is 13.9. The van der Waals surface area contributed by atoms with Crippen LogP contribution in [0.3, 0.4) is 0 Å². The molecule has 0 unspecified atom stereocenters. The Balaban J connectivity index is 2.04. The van der Waals surface area contributed by atoms with Crippen molar-refractivity contribution in [3.63, 3.8) is 0 Å². The van der Waals surface area contributed by atoms with Gasteiger partial charge in [0.25, 0.3) is 0 Å². The van der Waals surface area contributed by atoms with Gasteiger partial charge in [-0.2, -0.15) is 0 Å². The van der Waals surface area contributed by atoms with E-state index in [1.165, 1.54) is 12.8 Å². The lowest BCUT2D eigenvalue weighted by molar-refractivity contribution is -0.138. The molecular formula is C16H28N2O2S. The SMILES string of the molecule is CN(CC1CCOCC1)C(=O)C1(C(N)=S)CCCCCC1. The van der Waals surface area contributed by atoms with E-state index in [1.807, 2.05) is 11.9 Å². The van der Waals surface area contributed by atoms with Crippen LogP contribution in [0.4, 0.5) is 0 Å². The number of ether oxygens (including phenoxy) is 1. The van der Waals surface area contributed by atoms with Crippen LogP contribution in [0.25, 0.3) is 0 Å². The van der Waals surface area contributed by atoms with Crippen LogP contribution in [0.1, 0.15) is 51.4 Å². The van der Waals surface area contributed by atoms with E-state index in [1.54, 1.807) is 0 Å². The van der Waals surface area contributed by atoms with Crippen molar-refractivity contribution >= 4 is 23.1 Å². The number of amides is 1. The van der Waals surface area contributed by atoms with Gasteiger partial charge in [0, 0.05) is 26.8 Å². The highest BCUT2D eigenvalue weighted by Crippen LogP contribution is 2.37. The Hall–Kier alpha value is -0.680. The molecule has 0 spiro atoms. The standard InChI is InChI=1S/C16H28N2O2S/c1-18(12-13-6-10-20-11-7-13)15(19)16(14(17)21)8-4-2-3-5-9-16/h13H,2-12H2,1H3,(H2,17,21). The quantitative estimate of drug-likeness (QED) is 0.640.